The zero-order valence-electron chi connectivity index (χ0n) is 20.9. The van der Waals surface area contributed by atoms with Gasteiger partial charge in [0.1, 0.15) is 35.2 Å². The van der Waals surface area contributed by atoms with Gasteiger partial charge < -0.3 is 37.0 Å². The molecule has 0 saturated carbocycles. The molecule has 4 rings (SSSR count). The van der Waals surface area contributed by atoms with E-state index < -0.39 is 17.6 Å². The zero-order valence-corrected chi connectivity index (χ0v) is 21.6. The first-order valence-electron chi connectivity index (χ1n) is 12.0. The molecule has 3 N–H and O–H groups in total. The lowest BCUT2D eigenvalue weighted by molar-refractivity contribution is -0.937. The Hall–Kier alpha value is -2.90. The van der Waals surface area contributed by atoms with E-state index in [2.05, 4.69) is 0 Å². The minimum atomic E-state index is -1.33. The number of carbonyl (C=O) groups is 1. The molecule has 0 radical (unpaired) electrons. The Morgan fingerprint density at radius 3 is 2.06 bits per heavy atom. The number of nitrogens with one attached hydrogen (secondary N) is 1. The minimum absolute atomic E-state index is 0. The number of aliphatic hydroxyl groups is 2. The Balaban J connectivity index is 0.00000361. The second kappa shape index (κ2) is 11.9. The molecule has 192 valence electrons. The Bertz CT molecular complexity index is 1120. The van der Waals surface area contributed by atoms with E-state index >= 15 is 0 Å². The Morgan fingerprint density at radius 1 is 0.944 bits per heavy atom. The molecule has 0 aromatic heterocycles. The number of methoxy groups -OCH3 is 2. The van der Waals surface area contributed by atoms with E-state index in [9.17, 15) is 15.0 Å². The Labute approximate surface area is 218 Å². The third-order valence-corrected chi connectivity index (χ3v) is 7.41. The van der Waals surface area contributed by atoms with Crippen LogP contribution in [0.15, 0.2) is 78.9 Å². The predicted molar refractivity (Wildman–Crippen MR) is 134 cm³/mol. The van der Waals surface area contributed by atoms with Gasteiger partial charge in [0.15, 0.2) is 5.78 Å². The third kappa shape index (κ3) is 5.57. The highest BCUT2D eigenvalue weighted by Gasteiger charge is 2.50. The van der Waals surface area contributed by atoms with Gasteiger partial charge in [-0.2, -0.15) is 0 Å². The maximum atomic E-state index is 13.8. The quantitative estimate of drug-likeness (QED) is 0.365. The average Bonchev–Trinajstić information content (AvgIpc) is 2.92. The van der Waals surface area contributed by atoms with Gasteiger partial charge in [0.25, 0.3) is 0 Å². The van der Waals surface area contributed by atoms with E-state index in [-0.39, 0.29) is 24.2 Å². The summed E-state index contributed by atoms with van der Waals surface area (Å²) in [6.45, 7) is 3.03. The number of halogens is 1. The second-order valence-electron chi connectivity index (χ2n) is 9.30. The van der Waals surface area contributed by atoms with Gasteiger partial charge in [0, 0.05) is 12.0 Å². The smallest absolute Gasteiger partial charge is 0.174 e. The van der Waals surface area contributed by atoms with Crippen LogP contribution in [0.3, 0.4) is 0 Å². The molecular formula is C29H34ClNO5. The summed E-state index contributed by atoms with van der Waals surface area (Å²) in [5.74, 6) is 0.559. The zero-order chi connectivity index (χ0) is 25.0. The molecule has 0 amide bonds. The van der Waals surface area contributed by atoms with E-state index in [1.807, 2.05) is 61.5 Å². The summed E-state index contributed by atoms with van der Waals surface area (Å²) in [5.41, 5.74) is 0.742. The summed E-state index contributed by atoms with van der Waals surface area (Å²) >= 11 is 0. The van der Waals surface area contributed by atoms with E-state index in [1.165, 1.54) is 0 Å². The van der Waals surface area contributed by atoms with Crippen molar-refractivity contribution in [2.45, 2.75) is 31.1 Å². The Morgan fingerprint density at radius 2 is 1.50 bits per heavy atom. The van der Waals surface area contributed by atoms with Crippen LogP contribution < -0.4 is 26.8 Å². The molecule has 1 heterocycles. The van der Waals surface area contributed by atoms with Crippen LogP contribution in [0, 0.1) is 5.92 Å². The van der Waals surface area contributed by atoms with Crippen molar-refractivity contribution in [1.82, 2.24) is 0 Å². The van der Waals surface area contributed by atoms with Gasteiger partial charge >= 0.3 is 0 Å². The molecule has 0 aliphatic carbocycles. The van der Waals surface area contributed by atoms with Gasteiger partial charge in [-0.25, -0.2) is 0 Å². The van der Waals surface area contributed by atoms with Crippen molar-refractivity contribution in [3.05, 3.63) is 95.6 Å². The molecule has 1 aliphatic rings. The van der Waals surface area contributed by atoms with E-state index in [0.717, 1.165) is 10.5 Å². The lowest BCUT2D eigenvalue weighted by atomic mass is 9.72. The normalized spacial score (nSPS) is 23.1. The van der Waals surface area contributed by atoms with Crippen LogP contribution in [0.5, 0.6) is 11.5 Å². The largest absolute Gasteiger partial charge is 1.00 e. The van der Waals surface area contributed by atoms with Crippen molar-refractivity contribution in [2.75, 3.05) is 27.3 Å². The van der Waals surface area contributed by atoms with Gasteiger partial charge in [0.2, 0.25) is 0 Å². The highest BCUT2D eigenvalue weighted by atomic mass is 35.5. The van der Waals surface area contributed by atoms with Crippen molar-refractivity contribution >= 4 is 5.78 Å². The summed E-state index contributed by atoms with van der Waals surface area (Å²) in [6, 6.07) is 23.7. The number of hydrogen-bond acceptors (Lipinski definition) is 5. The van der Waals surface area contributed by atoms with Crippen LogP contribution in [0.1, 0.15) is 40.9 Å². The molecule has 5 atom stereocenters. The molecule has 0 spiro atoms. The minimum Gasteiger partial charge on any atom is -1.00 e. The van der Waals surface area contributed by atoms with Crippen molar-refractivity contribution in [3.63, 3.8) is 0 Å². The molecule has 3 aromatic rings. The van der Waals surface area contributed by atoms with Crippen LogP contribution >= 0.6 is 0 Å². The molecule has 1 saturated heterocycles. The molecule has 3 aromatic carbocycles. The predicted octanol–water partition coefficient (Wildman–Crippen LogP) is -0.195. The summed E-state index contributed by atoms with van der Waals surface area (Å²) in [6.07, 6.45) is -0.275. The number of rotatable bonds is 8. The molecule has 1 aliphatic heterocycles. The van der Waals surface area contributed by atoms with Crippen LogP contribution in [0.2, 0.25) is 0 Å². The molecule has 6 nitrogen and oxygen atoms in total. The van der Waals surface area contributed by atoms with Crippen molar-refractivity contribution in [2.24, 2.45) is 5.92 Å². The fourth-order valence-corrected chi connectivity index (χ4v) is 5.13. The number of aliphatic hydroxyl groups excluding tert-OH is 1. The van der Waals surface area contributed by atoms with Gasteiger partial charge in [-0.15, -0.1) is 0 Å². The maximum absolute atomic E-state index is 13.8. The summed E-state index contributed by atoms with van der Waals surface area (Å²) < 4.78 is 10.5. The first-order chi connectivity index (χ1) is 16.9. The van der Waals surface area contributed by atoms with Crippen molar-refractivity contribution in [1.29, 1.82) is 0 Å². The number of piperidine rings is 1. The highest BCUT2D eigenvalue weighted by molar-refractivity contribution is 5.99. The van der Waals surface area contributed by atoms with E-state index in [1.54, 1.807) is 38.5 Å². The van der Waals surface area contributed by atoms with Gasteiger partial charge in [-0.05, 0) is 54.4 Å². The number of quaternary nitrogens is 1. The van der Waals surface area contributed by atoms with Crippen LogP contribution in [-0.2, 0) is 5.60 Å². The highest BCUT2D eigenvalue weighted by Crippen LogP contribution is 2.37. The molecule has 7 heteroatoms. The van der Waals surface area contributed by atoms with Crippen LogP contribution in [-0.4, -0.2) is 49.3 Å². The number of Topliss-reactive ketones (excluding diaryl/α,β-unsaturated/α-hetero) is 1. The lowest BCUT2D eigenvalue weighted by Gasteiger charge is -2.44. The van der Waals surface area contributed by atoms with Crippen LogP contribution in [0.4, 0.5) is 0 Å². The first kappa shape index (κ1) is 27.7. The lowest BCUT2D eigenvalue weighted by Crippen LogP contribution is -3.18. The number of ether oxygens (including phenoxy) is 2. The fraction of sp³-hybridized carbons (Fsp3) is 0.345. The fourth-order valence-electron chi connectivity index (χ4n) is 5.13. The SMILES string of the molecule is COc1ccc(C(=O)C2C[NH+](C(C)C(O)c3ccccc3)CCC2(O)c2ccc(OC)cc2)cc1.[Cl-]. The van der Waals surface area contributed by atoms with Crippen molar-refractivity contribution < 1.29 is 41.8 Å². The van der Waals surface area contributed by atoms with Gasteiger partial charge in [-0.1, -0.05) is 42.5 Å². The number of benzene rings is 3. The molecule has 0 bridgehead atoms. The maximum Gasteiger partial charge on any atom is 0.174 e. The molecule has 1 fully saturated rings. The van der Waals surface area contributed by atoms with Crippen LogP contribution in [0.25, 0.3) is 0 Å². The first-order valence-corrected chi connectivity index (χ1v) is 12.0. The Kier molecular flexibility index (Phi) is 9.14. The summed E-state index contributed by atoms with van der Waals surface area (Å²) in [4.78, 5) is 14.9. The molecular weight excluding hydrogens is 478 g/mol. The van der Waals surface area contributed by atoms with E-state index in [4.69, 9.17) is 9.47 Å². The number of likely N-dealkylation sites (tertiary alicyclic amines) is 1. The third-order valence-electron chi connectivity index (χ3n) is 7.41. The topological polar surface area (TPSA) is 80.4 Å². The second-order valence-corrected chi connectivity index (χ2v) is 9.30. The average molecular weight is 512 g/mol. The molecule has 5 unspecified atom stereocenters. The number of ketones is 1. The van der Waals surface area contributed by atoms with Gasteiger partial charge in [0.05, 0.1) is 27.3 Å². The number of hydrogen-bond donors (Lipinski definition) is 3. The standard InChI is InChI=1S/C29H33NO5.ClH/c1-20(27(31)21-7-5-4-6-8-21)30-18-17-29(33,23-11-15-25(35-3)16-12-23)26(19-30)28(32)22-9-13-24(34-2)14-10-22;/h4-16,20,26-27,31,33H,17-19H2,1-3H3;1H. The monoisotopic (exact) mass is 511 g/mol. The van der Waals surface area contributed by atoms with Crippen molar-refractivity contribution in [3.8, 4) is 11.5 Å². The molecule has 36 heavy (non-hydrogen) atoms. The summed E-state index contributed by atoms with van der Waals surface area (Å²) in [5, 5.41) is 23.0. The van der Waals surface area contributed by atoms with E-state index in [0.29, 0.717) is 42.1 Å². The summed E-state index contributed by atoms with van der Waals surface area (Å²) in [7, 11) is 3.18. The number of carbonyl (C=O) groups excluding carboxylic acids is 1. The van der Waals surface area contributed by atoms with Gasteiger partial charge in [-0.3, -0.25) is 4.79 Å².